The molecule has 0 aliphatic carbocycles. The van der Waals surface area contributed by atoms with Crippen LogP contribution in [0.25, 0.3) is 10.9 Å². The maximum atomic E-state index is 11.8. The van der Waals surface area contributed by atoms with Gasteiger partial charge in [-0.3, -0.25) is 9.48 Å². The molecule has 1 atom stereocenters. The molecule has 0 amide bonds. The van der Waals surface area contributed by atoms with Gasteiger partial charge in [-0.05, 0) is 24.6 Å². The lowest BCUT2D eigenvalue weighted by Crippen LogP contribution is -2.16. The fourth-order valence-electron chi connectivity index (χ4n) is 2.36. The molecule has 1 unspecified atom stereocenters. The van der Waals surface area contributed by atoms with E-state index in [1.165, 1.54) is 6.20 Å². The first-order chi connectivity index (χ1) is 10.1. The van der Waals surface area contributed by atoms with Crippen LogP contribution in [0.4, 0.5) is 0 Å². The molecule has 0 aliphatic heterocycles. The van der Waals surface area contributed by atoms with Gasteiger partial charge < -0.3 is 5.11 Å². The van der Waals surface area contributed by atoms with Crippen molar-refractivity contribution in [2.75, 3.05) is 0 Å². The smallest absolute Gasteiger partial charge is 0.207 e. The van der Waals surface area contributed by atoms with Crippen LogP contribution in [0.15, 0.2) is 59.5 Å². The van der Waals surface area contributed by atoms with Crippen LogP contribution in [0.3, 0.4) is 0 Å². The van der Waals surface area contributed by atoms with E-state index in [1.54, 1.807) is 10.7 Å². The Hall–Kier alpha value is -2.46. The first kappa shape index (κ1) is 13.5. The Kier molecular flexibility index (Phi) is 3.54. The molecule has 0 saturated carbocycles. The average molecular weight is 280 g/mol. The number of nitrogens with zero attached hydrogens (tertiary/aromatic N) is 2. The standard InChI is InChI=1S/C17H16N2O2/c1-12-6-8-13(9-7-12)17(21)11-19-15-5-3-2-4-14(15)16(20)10-18-19/h2-10,17,21H,11H2,1H3. The van der Waals surface area contributed by atoms with Crippen LogP contribution in [-0.2, 0) is 6.54 Å². The number of para-hydroxylation sites is 1. The molecule has 0 spiro atoms. The SMILES string of the molecule is Cc1ccc(C(O)Cn2ncc(=O)c3ccccc32)cc1. The summed E-state index contributed by atoms with van der Waals surface area (Å²) in [6.45, 7) is 2.32. The maximum absolute atomic E-state index is 11.8. The van der Waals surface area contributed by atoms with Gasteiger partial charge in [0.25, 0.3) is 0 Å². The number of benzene rings is 2. The summed E-state index contributed by atoms with van der Waals surface area (Å²) in [6, 6.07) is 15.0. The zero-order chi connectivity index (χ0) is 14.8. The van der Waals surface area contributed by atoms with Gasteiger partial charge in [0.15, 0.2) is 0 Å². The average Bonchev–Trinajstić information content (AvgIpc) is 2.51. The van der Waals surface area contributed by atoms with E-state index in [0.717, 1.165) is 16.6 Å². The lowest BCUT2D eigenvalue weighted by atomic mass is 10.1. The van der Waals surface area contributed by atoms with Crippen LogP contribution < -0.4 is 5.43 Å². The zero-order valence-electron chi connectivity index (χ0n) is 11.7. The van der Waals surface area contributed by atoms with Crippen LogP contribution in [0.5, 0.6) is 0 Å². The molecule has 0 aliphatic rings. The number of hydrogen-bond donors (Lipinski definition) is 1. The van der Waals surface area contributed by atoms with Crippen molar-refractivity contribution >= 4 is 10.9 Å². The van der Waals surface area contributed by atoms with Crippen molar-refractivity contribution in [1.29, 1.82) is 0 Å². The monoisotopic (exact) mass is 280 g/mol. The van der Waals surface area contributed by atoms with Gasteiger partial charge in [0.2, 0.25) is 5.43 Å². The van der Waals surface area contributed by atoms with Crippen molar-refractivity contribution in [3.05, 3.63) is 76.1 Å². The Labute approximate surface area is 122 Å². The van der Waals surface area contributed by atoms with E-state index in [0.29, 0.717) is 11.9 Å². The summed E-state index contributed by atoms with van der Waals surface area (Å²) in [6.07, 6.45) is 0.633. The number of aromatic nitrogens is 2. The first-order valence-corrected chi connectivity index (χ1v) is 6.84. The van der Waals surface area contributed by atoms with E-state index in [4.69, 9.17) is 0 Å². The minimum atomic E-state index is -0.663. The zero-order valence-corrected chi connectivity index (χ0v) is 11.7. The van der Waals surface area contributed by atoms with Gasteiger partial charge >= 0.3 is 0 Å². The summed E-state index contributed by atoms with van der Waals surface area (Å²) in [5.41, 5.74) is 2.62. The van der Waals surface area contributed by atoms with Gasteiger partial charge in [0.05, 0.1) is 24.4 Å². The number of aryl methyl sites for hydroxylation is 1. The molecule has 0 saturated heterocycles. The molecule has 106 valence electrons. The summed E-state index contributed by atoms with van der Waals surface area (Å²) >= 11 is 0. The Morgan fingerprint density at radius 3 is 2.62 bits per heavy atom. The number of aliphatic hydroxyl groups is 1. The molecular weight excluding hydrogens is 264 g/mol. The highest BCUT2D eigenvalue weighted by Gasteiger charge is 2.11. The highest BCUT2D eigenvalue weighted by atomic mass is 16.3. The van der Waals surface area contributed by atoms with Gasteiger partial charge in [-0.1, -0.05) is 42.0 Å². The van der Waals surface area contributed by atoms with Gasteiger partial charge in [0.1, 0.15) is 0 Å². The molecule has 0 fully saturated rings. The third-order valence-electron chi connectivity index (χ3n) is 3.57. The van der Waals surface area contributed by atoms with Crippen LogP contribution in [0.1, 0.15) is 17.2 Å². The van der Waals surface area contributed by atoms with Crippen molar-refractivity contribution in [2.45, 2.75) is 19.6 Å². The van der Waals surface area contributed by atoms with E-state index in [1.807, 2.05) is 49.4 Å². The lowest BCUT2D eigenvalue weighted by Gasteiger charge is -2.14. The minimum absolute atomic E-state index is 0.105. The van der Waals surface area contributed by atoms with Crippen molar-refractivity contribution in [2.24, 2.45) is 0 Å². The van der Waals surface area contributed by atoms with Gasteiger partial charge in [-0.25, -0.2) is 0 Å². The van der Waals surface area contributed by atoms with Crippen LogP contribution in [0, 0.1) is 6.92 Å². The second kappa shape index (κ2) is 5.50. The van der Waals surface area contributed by atoms with E-state index in [2.05, 4.69) is 5.10 Å². The predicted molar refractivity (Wildman–Crippen MR) is 82.1 cm³/mol. The predicted octanol–water partition coefficient (Wildman–Crippen LogP) is 2.44. The Morgan fingerprint density at radius 1 is 1.14 bits per heavy atom. The first-order valence-electron chi connectivity index (χ1n) is 6.84. The van der Waals surface area contributed by atoms with Crippen LogP contribution >= 0.6 is 0 Å². The summed E-state index contributed by atoms with van der Waals surface area (Å²) in [7, 11) is 0. The van der Waals surface area contributed by atoms with Crippen molar-refractivity contribution < 1.29 is 5.11 Å². The third-order valence-corrected chi connectivity index (χ3v) is 3.57. The topological polar surface area (TPSA) is 55.1 Å². The summed E-state index contributed by atoms with van der Waals surface area (Å²) in [4.78, 5) is 11.8. The molecule has 3 aromatic rings. The molecule has 21 heavy (non-hydrogen) atoms. The highest BCUT2D eigenvalue weighted by Crippen LogP contribution is 2.17. The molecule has 4 heteroatoms. The lowest BCUT2D eigenvalue weighted by molar-refractivity contribution is 0.153. The van der Waals surface area contributed by atoms with Crippen molar-refractivity contribution in [3.63, 3.8) is 0 Å². The van der Waals surface area contributed by atoms with Crippen LogP contribution in [0.2, 0.25) is 0 Å². The normalized spacial score (nSPS) is 12.5. The molecule has 2 aromatic carbocycles. The van der Waals surface area contributed by atoms with Crippen molar-refractivity contribution in [1.82, 2.24) is 9.78 Å². The molecule has 0 bridgehead atoms. The summed E-state index contributed by atoms with van der Waals surface area (Å²) in [5.74, 6) is 0. The Balaban J connectivity index is 1.96. The number of aliphatic hydroxyl groups excluding tert-OH is 1. The quantitative estimate of drug-likeness (QED) is 0.801. The molecule has 1 aromatic heterocycles. The summed E-state index contributed by atoms with van der Waals surface area (Å²) < 4.78 is 1.67. The minimum Gasteiger partial charge on any atom is -0.386 e. The second-order valence-corrected chi connectivity index (χ2v) is 5.13. The fraction of sp³-hybridized carbons (Fsp3) is 0.176. The highest BCUT2D eigenvalue weighted by molar-refractivity contribution is 5.77. The Morgan fingerprint density at radius 2 is 1.86 bits per heavy atom. The van der Waals surface area contributed by atoms with E-state index < -0.39 is 6.10 Å². The molecule has 3 rings (SSSR count). The molecule has 0 radical (unpaired) electrons. The fourth-order valence-corrected chi connectivity index (χ4v) is 2.36. The van der Waals surface area contributed by atoms with Gasteiger partial charge in [-0.15, -0.1) is 0 Å². The largest absolute Gasteiger partial charge is 0.386 e. The summed E-state index contributed by atoms with van der Waals surface area (Å²) in [5, 5.41) is 15.1. The molecule has 1 heterocycles. The molecule has 1 N–H and O–H groups in total. The van der Waals surface area contributed by atoms with Gasteiger partial charge in [0, 0.05) is 5.39 Å². The second-order valence-electron chi connectivity index (χ2n) is 5.13. The van der Waals surface area contributed by atoms with E-state index >= 15 is 0 Å². The molecular formula is C17H16N2O2. The van der Waals surface area contributed by atoms with Crippen LogP contribution in [-0.4, -0.2) is 14.9 Å². The van der Waals surface area contributed by atoms with E-state index in [9.17, 15) is 9.90 Å². The maximum Gasteiger partial charge on any atom is 0.207 e. The third kappa shape index (κ3) is 2.71. The molecule has 4 nitrogen and oxygen atoms in total. The van der Waals surface area contributed by atoms with Crippen molar-refractivity contribution in [3.8, 4) is 0 Å². The van der Waals surface area contributed by atoms with Gasteiger partial charge in [-0.2, -0.15) is 5.10 Å². The number of fused-ring (bicyclic) bond motifs is 1. The van der Waals surface area contributed by atoms with E-state index in [-0.39, 0.29) is 5.43 Å². The number of rotatable bonds is 3. The Bertz CT molecular complexity index is 822. The number of hydrogen-bond acceptors (Lipinski definition) is 3.